The first-order valence-corrected chi connectivity index (χ1v) is 11.9. The highest BCUT2D eigenvalue weighted by Crippen LogP contribution is 2.23. The third-order valence-electron chi connectivity index (χ3n) is 6.01. The van der Waals surface area contributed by atoms with Crippen LogP contribution < -0.4 is 5.32 Å². The summed E-state index contributed by atoms with van der Waals surface area (Å²) >= 11 is 0. The van der Waals surface area contributed by atoms with Gasteiger partial charge < -0.3 is 10.2 Å². The Labute approximate surface area is 162 Å². The lowest BCUT2D eigenvalue weighted by Gasteiger charge is -2.32. The molecule has 2 aliphatic heterocycles. The van der Waals surface area contributed by atoms with Crippen LogP contribution in [0.3, 0.4) is 0 Å². The number of likely N-dealkylation sites (tertiary alicyclic amines) is 1. The van der Waals surface area contributed by atoms with E-state index in [1.165, 1.54) is 0 Å². The van der Waals surface area contributed by atoms with Crippen LogP contribution in [0.15, 0.2) is 12.3 Å². The SMILES string of the molecule is Cn1nccc1CCC(=O)NCC1CCN(CCC2CCS(=O)(=O)C2)CC1. The molecule has 2 aliphatic rings. The van der Waals surface area contributed by atoms with Crippen LogP contribution in [0.1, 0.15) is 37.8 Å². The lowest BCUT2D eigenvalue weighted by atomic mass is 9.96. The summed E-state index contributed by atoms with van der Waals surface area (Å²) in [5.41, 5.74) is 1.08. The maximum atomic E-state index is 12.1. The van der Waals surface area contributed by atoms with E-state index in [-0.39, 0.29) is 5.91 Å². The molecule has 1 atom stereocenters. The van der Waals surface area contributed by atoms with Crippen LogP contribution in [-0.2, 0) is 28.1 Å². The van der Waals surface area contributed by atoms with Crippen LogP contribution >= 0.6 is 0 Å². The molecule has 3 rings (SSSR count). The Kier molecular flexibility index (Phi) is 6.92. The summed E-state index contributed by atoms with van der Waals surface area (Å²) in [6, 6.07) is 1.95. The molecule has 3 heterocycles. The summed E-state index contributed by atoms with van der Waals surface area (Å²) in [5.74, 6) is 1.77. The molecule has 0 aliphatic carbocycles. The summed E-state index contributed by atoms with van der Waals surface area (Å²) in [7, 11) is -0.862. The summed E-state index contributed by atoms with van der Waals surface area (Å²) in [6.07, 6.45) is 7.02. The van der Waals surface area contributed by atoms with Gasteiger partial charge in [0.25, 0.3) is 0 Å². The van der Waals surface area contributed by atoms with Gasteiger partial charge in [0.1, 0.15) is 0 Å². The second-order valence-electron chi connectivity index (χ2n) is 8.09. The molecule has 2 fully saturated rings. The number of carbonyl (C=O) groups is 1. The van der Waals surface area contributed by atoms with Crippen LogP contribution in [0.25, 0.3) is 0 Å². The van der Waals surface area contributed by atoms with E-state index in [1.807, 2.05) is 17.8 Å². The highest BCUT2D eigenvalue weighted by atomic mass is 32.2. The average molecular weight is 397 g/mol. The molecule has 0 saturated carbocycles. The maximum absolute atomic E-state index is 12.1. The minimum Gasteiger partial charge on any atom is -0.356 e. The van der Waals surface area contributed by atoms with Crippen molar-refractivity contribution < 1.29 is 13.2 Å². The zero-order chi connectivity index (χ0) is 19.3. The topological polar surface area (TPSA) is 84.3 Å². The molecule has 0 spiro atoms. The van der Waals surface area contributed by atoms with Gasteiger partial charge in [0, 0.05) is 31.9 Å². The van der Waals surface area contributed by atoms with E-state index in [4.69, 9.17) is 0 Å². The lowest BCUT2D eigenvalue weighted by Crippen LogP contribution is -2.39. The van der Waals surface area contributed by atoms with Gasteiger partial charge in [-0.15, -0.1) is 0 Å². The Morgan fingerprint density at radius 1 is 1.26 bits per heavy atom. The van der Waals surface area contributed by atoms with Crippen molar-refractivity contribution >= 4 is 15.7 Å². The van der Waals surface area contributed by atoms with Gasteiger partial charge in [-0.3, -0.25) is 9.48 Å². The second-order valence-corrected chi connectivity index (χ2v) is 10.3. The quantitative estimate of drug-likeness (QED) is 0.709. The molecule has 27 heavy (non-hydrogen) atoms. The molecular formula is C19H32N4O3S. The second kappa shape index (κ2) is 9.19. The van der Waals surface area contributed by atoms with E-state index < -0.39 is 9.84 Å². The molecule has 152 valence electrons. The minimum absolute atomic E-state index is 0.112. The van der Waals surface area contributed by atoms with Crippen molar-refractivity contribution in [1.29, 1.82) is 0 Å². The molecule has 0 bridgehead atoms. The first-order valence-electron chi connectivity index (χ1n) is 10.1. The summed E-state index contributed by atoms with van der Waals surface area (Å²) < 4.78 is 24.9. The van der Waals surface area contributed by atoms with E-state index in [2.05, 4.69) is 15.3 Å². The predicted octanol–water partition coefficient (Wildman–Crippen LogP) is 1.01. The number of rotatable bonds is 8. The van der Waals surface area contributed by atoms with Crippen molar-refractivity contribution in [3.63, 3.8) is 0 Å². The molecule has 0 aromatic carbocycles. The fourth-order valence-corrected chi connectivity index (χ4v) is 6.02. The number of sulfone groups is 1. The third kappa shape index (κ3) is 6.31. The number of hydrogen-bond donors (Lipinski definition) is 1. The number of amides is 1. The fraction of sp³-hybridized carbons (Fsp3) is 0.789. The Hall–Kier alpha value is -1.41. The molecule has 1 aromatic heterocycles. The number of aryl methyl sites for hydroxylation is 2. The van der Waals surface area contributed by atoms with Crippen LogP contribution in [0.5, 0.6) is 0 Å². The lowest BCUT2D eigenvalue weighted by molar-refractivity contribution is -0.121. The van der Waals surface area contributed by atoms with Gasteiger partial charge in [-0.05, 0) is 69.6 Å². The van der Waals surface area contributed by atoms with E-state index in [0.717, 1.165) is 64.0 Å². The first kappa shape index (κ1) is 20.3. The third-order valence-corrected chi connectivity index (χ3v) is 7.84. The van der Waals surface area contributed by atoms with Gasteiger partial charge in [-0.25, -0.2) is 8.42 Å². The minimum atomic E-state index is -2.76. The normalized spacial score (nSPS) is 23.5. The maximum Gasteiger partial charge on any atom is 0.220 e. The molecule has 1 unspecified atom stereocenters. The number of carbonyl (C=O) groups excluding carboxylic acids is 1. The molecule has 2 saturated heterocycles. The molecular weight excluding hydrogens is 364 g/mol. The zero-order valence-electron chi connectivity index (χ0n) is 16.3. The Bertz CT molecular complexity index is 723. The smallest absolute Gasteiger partial charge is 0.220 e. The van der Waals surface area contributed by atoms with Crippen molar-refractivity contribution in [2.24, 2.45) is 18.9 Å². The standard InChI is InChI=1S/C19H32N4O3S/c1-22-18(4-9-21-22)2-3-19(24)20-14-16-5-10-23(11-6-16)12-7-17-8-13-27(25,26)15-17/h4,9,16-17H,2-3,5-8,10-15H2,1H3,(H,20,24). The molecule has 1 amide bonds. The number of nitrogens with one attached hydrogen (secondary N) is 1. The number of piperidine rings is 1. The molecule has 7 nitrogen and oxygen atoms in total. The van der Waals surface area contributed by atoms with Gasteiger partial charge >= 0.3 is 0 Å². The van der Waals surface area contributed by atoms with Crippen molar-refractivity contribution in [1.82, 2.24) is 20.0 Å². The summed E-state index contributed by atoms with van der Waals surface area (Å²) in [5, 5.41) is 7.20. The van der Waals surface area contributed by atoms with Crippen molar-refractivity contribution in [2.75, 3.05) is 37.7 Å². The van der Waals surface area contributed by atoms with Crippen molar-refractivity contribution in [2.45, 2.75) is 38.5 Å². The Morgan fingerprint density at radius 3 is 2.67 bits per heavy atom. The predicted molar refractivity (Wildman–Crippen MR) is 105 cm³/mol. The van der Waals surface area contributed by atoms with E-state index >= 15 is 0 Å². The number of hydrogen-bond acceptors (Lipinski definition) is 5. The van der Waals surface area contributed by atoms with Gasteiger partial charge in [-0.1, -0.05) is 0 Å². The molecule has 1 N–H and O–H groups in total. The van der Waals surface area contributed by atoms with Gasteiger partial charge in [-0.2, -0.15) is 5.10 Å². The molecule has 8 heteroatoms. The monoisotopic (exact) mass is 396 g/mol. The van der Waals surface area contributed by atoms with Gasteiger partial charge in [0.15, 0.2) is 9.84 Å². The summed E-state index contributed by atoms with van der Waals surface area (Å²) in [4.78, 5) is 14.5. The number of aromatic nitrogens is 2. The highest BCUT2D eigenvalue weighted by molar-refractivity contribution is 7.91. The first-order chi connectivity index (χ1) is 12.9. The van der Waals surface area contributed by atoms with Crippen LogP contribution in [0.2, 0.25) is 0 Å². The molecule has 1 aromatic rings. The van der Waals surface area contributed by atoms with Gasteiger partial charge in [0.05, 0.1) is 11.5 Å². The van der Waals surface area contributed by atoms with E-state index in [0.29, 0.717) is 29.8 Å². The van der Waals surface area contributed by atoms with Crippen LogP contribution in [-0.4, -0.2) is 66.7 Å². The van der Waals surface area contributed by atoms with Crippen LogP contribution in [0, 0.1) is 11.8 Å². The summed E-state index contributed by atoms with van der Waals surface area (Å²) in [6.45, 7) is 3.87. The Balaban J connectivity index is 1.27. The largest absolute Gasteiger partial charge is 0.356 e. The highest BCUT2D eigenvalue weighted by Gasteiger charge is 2.28. The van der Waals surface area contributed by atoms with Crippen molar-refractivity contribution in [3.8, 4) is 0 Å². The van der Waals surface area contributed by atoms with E-state index in [1.54, 1.807) is 6.20 Å². The van der Waals surface area contributed by atoms with Crippen LogP contribution in [0.4, 0.5) is 0 Å². The zero-order valence-corrected chi connectivity index (χ0v) is 17.1. The van der Waals surface area contributed by atoms with Gasteiger partial charge in [0.2, 0.25) is 5.91 Å². The Morgan fingerprint density at radius 2 is 2.04 bits per heavy atom. The van der Waals surface area contributed by atoms with E-state index in [9.17, 15) is 13.2 Å². The average Bonchev–Trinajstić information content (AvgIpc) is 3.21. The molecule has 0 radical (unpaired) electrons. The fourth-order valence-electron chi connectivity index (χ4n) is 4.11. The van der Waals surface area contributed by atoms with Crippen molar-refractivity contribution in [3.05, 3.63) is 18.0 Å². The number of nitrogens with zero attached hydrogens (tertiary/aromatic N) is 3.